The number of rotatable bonds is 4. The van der Waals surface area contributed by atoms with E-state index in [9.17, 15) is 9.59 Å². The third kappa shape index (κ3) is 3.86. The fourth-order valence-electron chi connectivity index (χ4n) is 0.566. The van der Waals surface area contributed by atoms with Crippen LogP contribution in [0.4, 0.5) is 0 Å². The van der Waals surface area contributed by atoms with E-state index in [-0.39, 0.29) is 0 Å². The van der Waals surface area contributed by atoms with Gasteiger partial charge in [-0.2, -0.15) is 0 Å². The van der Waals surface area contributed by atoms with Crippen LogP contribution in [0.2, 0.25) is 0 Å². The zero-order chi connectivity index (χ0) is 10.6. The summed E-state index contributed by atoms with van der Waals surface area (Å²) in [6.07, 6.45) is -4.66. The van der Waals surface area contributed by atoms with Crippen molar-refractivity contribution in [2.45, 2.75) is 32.2 Å². The second-order valence-corrected chi connectivity index (χ2v) is 2.71. The summed E-state index contributed by atoms with van der Waals surface area (Å²) >= 11 is 0. The van der Waals surface area contributed by atoms with Crippen molar-refractivity contribution in [1.29, 1.82) is 0 Å². The van der Waals surface area contributed by atoms with Gasteiger partial charge in [0.15, 0.2) is 12.2 Å². The van der Waals surface area contributed by atoms with Crippen LogP contribution in [0.1, 0.15) is 13.8 Å². The van der Waals surface area contributed by atoms with Gasteiger partial charge >= 0.3 is 11.9 Å². The molecule has 0 bridgehead atoms. The normalized spacial score (nSPS) is 15.2. The van der Waals surface area contributed by atoms with Gasteiger partial charge in [-0.15, -0.1) is 0 Å². The van der Waals surface area contributed by atoms with Crippen LogP contribution in [-0.4, -0.2) is 45.6 Å². The van der Waals surface area contributed by atoms with Crippen LogP contribution >= 0.6 is 0 Å². The molecule has 0 radical (unpaired) electrons. The summed E-state index contributed by atoms with van der Waals surface area (Å²) in [6, 6.07) is 0. The summed E-state index contributed by atoms with van der Waals surface area (Å²) in [7, 11) is 0. The number of carboxylic acid groups (broad SMARTS) is 1. The molecule has 76 valence electrons. The molecule has 0 unspecified atom stereocenters. The predicted molar refractivity (Wildman–Crippen MR) is 40.9 cm³/mol. The van der Waals surface area contributed by atoms with Gasteiger partial charge in [0.1, 0.15) is 0 Å². The molecule has 0 fully saturated rings. The Balaban J connectivity index is 4.17. The summed E-state index contributed by atoms with van der Waals surface area (Å²) < 4.78 is 4.47. The number of carbonyl (C=O) groups excluding carboxylic acids is 1. The number of hydrogen-bond acceptors (Lipinski definition) is 5. The lowest BCUT2D eigenvalue weighted by atomic mass is 10.2. The van der Waals surface area contributed by atoms with E-state index in [0.29, 0.717) is 0 Å². The summed E-state index contributed by atoms with van der Waals surface area (Å²) in [5.41, 5.74) is 0. The minimum absolute atomic E-state index is 0.469. The summed E-state index contributed by atoms with van der Waals surface area (Å²) in [5.74, 6) is -2.82. The van der Waals surface area contributed by atoms with Crippen molar-refractivity contribution in [2.75, 3.05) is 0 Å². The Morgan fingerprint density at radius 3 is 1.92 bits per heavy atom. The van der Waals surface area contributed by atoms with Gasteiger partial charge in [-0.25, -0.2) is 9.59 Å². The number of hydrogen-bond donors (Lipinski definition) is 3. The van der Waals surface area contributed by atoms with Crippen molar-refractivity contribution in [3.05, 3.63) is 0 Å². The zero-order valence-electron chi connectivity index (χ0n) is 7.30. The second kappa shape index (κ2) is 4.78. The van der Waals surface area contributed by atoms with Gasteiger partial charge in [0.05, 0.1) is 6.10 Å². The molecule has 0 saturated heterocycles. The highest BCUT2D eigenvalue weighted by Gasteiger charge is 2.31. The molecule has 3 N–H and O–H groups in total. The van der Waals surface area contributed by atoms with Crippen LogP contribution in [0.25, 0.3) is 0 Å². The minimum atomic E-state index is -2.15. The van der Waals surface area contributed by atoms with Crippen LogP contribution in [0.3, 0.4) is 0 Å². The van der Waals surface area contributed by atoms with E-state index in [1.807, 2.05) is 0 Å². The molecule has 0 aromatic carbocycles. The molecule has 13 heavy (non-hydrogen) atoms. The first-order chi connectivity index (χ1) is 5.86. The molecule has 0 rings (SSSR count). The Morgan fingerprint density at radius 2 is 1.62 bits per heavy atom. The van der Waals surface area contributed by atoms with E-state index in [4.69, 9.17) is 15.3 Å². The van der Waals surface area contributed by atoms with Crippen LogP contribution in [0.15, 0.2) is 0 Å². The molecule has 0 aliphatic heterocycles. The fraction of sp³-hybridized carbons (Fsp3) is 0.714. The second-order valence-electron chi connectivity index (χ2n) is 2.71. The number of carboxylic acids is 1. The largest absolute Gasteiger partial charge is 0.479 e. The Morgan fingerprint density at radius 1 is 1.15 bits per heavy atom. The molecular formula is C7H12O6. The van der Waals surface area contributed by atoms with Crippen molar-refractivity contribution >= 4 is 11.9 Å². The van der Waals surface area contributed by atoms with E-state index in [1.165, 1.54) is 13.8 Å². The summed E-state index contributed by atoms with van der Waals surface area (Å²) in [6.45, 7) is 3.08. The number of aliphatic carboxylic acids is 1. The monoisotopic (exact) mass is 192 g/mol. The van der Waals surface area contributed by atoms with E-state index in [1.54, 1.807) is 0 Å². The number of carbonyl (C=O) groups is 2. The van der Waals surface area contributed by atoms with Crippen LogP contribution in [-0.2, 0) is 14.3 Å². The van der Waals surface area contributed by atoms with Crippen molar-refractivity contribution in [3.8, 4) is 0 Å². The number of ether oxygens (including phenoxy) is 1. The lowest BCUT2D eigenvalue weighted by Crippen LogP contribution is -2.41. The van der Waals surface area contributed by atoms with Gasteiger partial charge in [0.25, 0.3) is 0 Å². The van der Waals surface area contributed by atoms with E-state index < -0.39 is 30.3 Å². The Labute approximate surface area is 74.7 Å². The molecule has 0 saturated carbocycles. The number of esters is 1. The average molecular weight is 192 g/mol. The van der Waals surface area contributed by atoms with E-state index >= 15 is 0 Å². The molecular weight excluding hydrogens is 180 g/mol. The van der Waals surface area contributed by atoms with Gasteiger partial charge in [-0.05, 0) is 13.8 Å². The maximum absolute atomic E-state index is 10.8. The lowest BCUT2D eigenvalue weighted by Gasteiger charge is -2.14. The van der Waals surface area contributed by atoms with Gasteiger partial charge in [-0.3, -0.25) is 0 Å². The number of aliphatic hydroxyl groups excluding tert-OH is 2. The first kappa shape index (κ1) is 11.9. The van der Waals surface area contributed by atoms with Crippen LogP contribution in [0.5, 0.6) is 0 Å². The molecule has 0 spiro atoms. The van der Waals surface area contributed by atoms with Crippen LogP contribution in [0, 0.1) is 0 Å². The number of aliphatic hydroxyl groups is 2. The zero-order valence-corrected chi connectivity index (χ0v) is 7.30. The molecule has 0 aromatic rings. The fourth-order valence-corrected chi connectivity index (χ4v) is 0.566. The smallest absolute Gasteiger partial charge is 0.338 e. The Kier molecular flexibility index (Phi) is 4.36. The third-order valence-corrected chi connectivity index (χ3v) is 1.15. The lowest BCUT2D eigenvalue weighted by molar-refractivity contribution is -0.172. The molecule has 6 heteroatoms. The molecule has 6 nitrogen and oxygen atoms in total. The topological polar surface area (TPSA) is 104 Å². The molecule has 0 aliphatic carbocycles. The van der Waals surface area contributed by atoms with Crippen molar-refractivity contribution in [3.63, 3.8) is 0 Å². The van der Waals surface area contributed by atoms with Crippen molar-refractivity contribution < 1.29 is 29.6 Å². The highest BCUT2D eigenvalue weighted by molar-refractivity contribution is 5.84. The summed E-state index contributed by atoms with van der Waals surface area (Å²) in [4.78, 5) is 20.9. The predicted octanol–water partition coefficient (Wildman–Crippen LogP) is -1.26. The van der Waals surface area contributed by atoms with Gasteiger partial charge < -0.3 is 20.1 Å². The van der Waals surface area contributed by atoms with Crippen LogP contribution < -0.4 is 0 Å². The van der Waals surface area contributed by atoms with Gasteiger partial charge in [0.2, 0.25) is 0 Å². The molecule has 0 aliphatic rings. The Bertz CT molecular complexity index is 199. The van der Waals surface area contributed by atoms with Gasteiger partial charge in [0, 0.05) is 0 Å². The Hall–Kier alpha value is -1.14. The minimum Gasteiger partial charge on any atom is -0.479 e. The molecule has 0 aromatic heterocycles. The average Bonchev–Trinajstić information content (AvgIpc) is 2.00. The first-order valence-corrected chi connectivity index (χ1v) is 3.65. The standard InChI is InChI=1S/C7H12O6/c1-3(2)13-7(12)5(9)4(8)6(10)11/h3-5,8-9H,1-2H3,(H,10,11)/t4-,5-/m1/s1. The van der Waals surface area contributed by atoms with E-state index in [2.05, 4.69) is 4.74 Å². The SMILES string of the molecule is CC(C)OC(=O)[C@H](O)[C@@H](O)C(=O)O. The van der Waals surface area contributed by atoms with Gasteiger partial charge in [-0.1, -0.05) is 0 Å². The maximum Gasteiger partial charge on any atom is 0.338 e. The highest BCUT2D eigenvalue weighted by Crippen LogP contribution is 1.99. The van der Waals surface area contributed by atoms with E-state index in [0.717, 1.165) is 0 Å². The molecule has 0 amide bonds. The highest BCUT2D eigenvalue weighted by atomic mass is 16.6. The summed E-state index contributed by atoms with van der Waals surface area (Å²) in [5, 5.41) is 25.8. The first-order valence-electron chi connectivity index (χ1n) is 3.65. The van der Waals surface area contributed by atoms with Crippen molar-refractivity contribution in [1.82, 2.24) is 0 Å². The third-order valence-electron chi connectivity index (χ3n) is 1.15. The maximum atomic E-state index is 10.8. The molecule has 2 atom stereocenters. The quantitative estimate of drug-likeness (QED) is 0.480. The molecule has 0 heterocycles. The van der Waals surface area contributed by atoms with Crippen molar-refractivity contribution in [2.24, 2.45) is 0 Å².